The summed E-state index contributed by atoms with van der Waals surface area (Å²) in [5, 5.41) is 13.1. The predicted octanol–water partition coefficient (Wildman–Crippen LogP) is 2.35. The SMILES string of the molecule is OC(c1cccc(C(F)(F)F)c1)C1CCNC1. The van der Waals surface area contributed by atoms with Crippen molar-refractivity contribution in [3.63, 3.8) is 0 Å². The molecule has 0 aliphatic carbocycles. The summed E-state index contributed by atoms with van der Waals surface area (Å²) in [6.07, 6.45) is -4.39. The van der Waals surface area contributed by atoms with Crippen LogP contribution in [0.4, 0.5) is 13.2 Å². The van der Waals surface area contributed by atoms with Crippen molar-refractivity contribution in [1.29, 1.82) is 0 Å². The summed E-state index contributed by atoms with van der Waals surface area (Å²) in [5.41, 5.74) is -0.367. The fraction of sp³-hybridized carbons (Fsp3) is 0.500. The van der Waals surface area contributed by atoms with Gasteiger partial charge in [-0.05, 0) is 30.7 Å². The van der Waals surface area contributed by atoms with E-state index >= 15 is 0 Å². The second kappa shape index (κ2) is 4.66. The number of benzene rings is 1. The molecule has 1 aromatic carbocycles. The van der Waals surface area contributed by atoms with Crippen LogP contribution in [-0.4, -0.2) is 18.2 Å². The highest BCUT2D eigenvalue weighted by Crippen LogP contribution is 2.33. The first kappa shape index (κ1) is 12.4. The van der Waals surface area contributed by atoms with E-state index in [1.807, 2.05) is 0 Å². The van der Waals surface area contributed by atoms with E-state index in [0.717, 1.165) is 25.1 Å². The molecule has 2 N–H and O–H groups in total. The number of rotatable bonds is 2. The van der Waals surface area contributed by atoms with Gasteiger partial charge >= 0.3 is 6.18 Å². The van der Waals surface area contributed by atoms with E-state index in [-0.39, 0.29) is 5.92 Å². The van der Waals surface area contributed by atoms with Crippen LogP contribution < -0.4 is 5.32 Å². The summed E-state index contributed by atoms with van der Waals surface area (Å²) in [7, 11) is 0. The minimum Gasteiger partial charge on any atom is -0.388 e. The Morgan fingerprint density at radius 1 is 1.35 bits per heavy atom. The molecule has 1 aromatic rings. The van der Waals surface area contributed by atoms with Gasteiger partial charge in [0, 0.05) is 12.5 Å². The second-order valence-corrected chi connectivity index (χ2v) is 4.32. The second-order valence-electron chi connectivity index (χ2n) is 4.32. The van der Waals surface area contributed by atoms with E-state index < -0.39 is 17.8 Å². The Morgan fingerprint density at radius 2 is 2.12 bits per heavy atom. The van der Waals surface area contributed by atoms with Crippen molar-refractivity contribution < 1.29 is 18.3 Å². The zero-order valence-corrected chi connectivity index (χ0v) is 9.17. The zero-order chi connectivity index (χ0) is 12.5. The topological polar surface area (TPSA) is 32.3 Å². The third-order valence-corrected chi connectivity index (χ3v) is 3.10. The molecule has 0 aromatic heterocycles. The maximum absolute atomic E-state index is 12.5. The minimum atomic E-state index is -4.36. The third kappa shape index (κ3) is 2.79. The molecular formula is C12H14F3NO. The minimum absolute atomic E-state index is 0.00140. The van der Waals surface area contributed by atoms with E-state index in [9.17, 15) is 18.3 Å². The molecule has 1 aliphatic rings. The Balaban J connectivity index is 2.20. The first-order valence-electron chi connectivity index (χ1n) is 5.54. The highest BCUT2D eigenvalue weighted by Gasteiger charge is 2.32. The van der Waals surface area contributed by atoms with Gasteiger partial charge in [0.15, 0.2) is 0 Å². The number of aliphatic hydroxyl groups is 1. The lowest BCUT2D eigenvalue weighted by Gasteiger charge is -2.18. The Bertz CT molecular complexity index is 386. The molecule has 0 saturated carbocycles. The van der Waals surface area contributed by atoms with Crippen LogP contribution in [0, 0.1) is 5.92 Å². The molecule has 2 nitrogen and oxygen atoms in total. The number of hydrogen-bond acceptors (Lipinski definition) is 2. The largest absolute Gasteiger partial charge is 0.416 e. The van der Waals surface area contributed by atoms with Gasteiger partial charge in [-0.1, -0.05) is 12.1 Å². The van der Waals surface area contributed by atoms with Crippen LogP contribution in [0.15, 0.2) is 24.3 Å². The number of halogens is 3. The molecule has 2 atom stereocenters. The van der Waals surface area contributed by atoms with Gasteiger partial charge in [0.25, 0.3) is 0 Å². The summed E-state index contributed by atoms with van der Waals surface area (Å²) in [6, 6.07) is 4.92. The van der Waals surface area contributed by atoms with Gasteiger partial charge in [-0.25, -0.2) is 0 Å². The molecule has 5 heteroatoms. The molecule has 0 bridgehead atoms. The standard InChI is InChI=1S/C12H14F3NO/c13-12(14,15)10-3-1-2-8(6-10)11(17)9-4-5-16-7-9/h1-3,6,9,11,16-17H,4-5,7H2. The molecule has 1 saturated heterocycles. The molecule has 0 spiro atoms. The number of hydrogen-bond donors (Lipinski definition) is 2. The monoisotopic (exact) mass is 245 g/mol. The Hall–Kier alpha value is -1.07. The lowest BCUT2D eigenvalue weighted by molar-refractivity contribution is -0.137. The highest BCUT2D eigenvalue weighted by atomic mass is 19.4. The van der Waals surface area contributed by atoms with Gasteiger partial charge in [-0.15, -0.1) is 0 Å². The van der Waals surface area contributed by atoms with Gasteiger partial charge in [0.05, 0.1) is 11.7 Å². The van der Waals surface area contributed by atoms with E-state index in [2.05, 4.69) is 5.32 Å². The van der Waals surface area contributed by atoms with Crippen molar-refractivity contribution in [3.8, 4) is 0 Å². The third-order valence-electron chi connectivity index (χ3n) is 3.10. The molecule has 1 aliphatic heterocycles. The predicted molar refractivity (Wildman–Crippen MR) is 57.4 cm³/mol. The lowest BCUT2D eigenvalue weighted by Crippen LogP contribution is -2.16. The quantitative estimate of drug-likeness (QED) is 0.838. The molecular weight excluding hydrogens is 231 g/mol. The zero-order valence-electron chi connectivity index (χ0n) is 9.17. The molecule has 0 amide bonds. The van der Waals surface area contributed by atoms with Crippen molar-refractivity contribution in [2.45, 2.75) is 18.7 Å². The van der Waals surface area contributed by atoms with Crippen molar-refractivity contribution in [3.05, 3.63) is 35.4 Å². The van der Waals surface area contributed by atoms with Gasteiger partial charge < -0.3 is 10.4 Å². The van der Waals surface area contributed by atoms with Crippen LogP contribution in [0.2, 0.25) is 0 Å². The molecule has 0 radical (unpaired) electrons. The van der Waals surface area contributed by atoms with Gasteiger partial charge in [0.1, 0.15) is 0 Å². The van der Waals surface area contributed by atoms with Crippen molar-refractivity contribution in [1.82, 2.24) is 5.32 Å². The first-order chi connectivity index (χ1) is 7.98. The Morgan fingerprint density at radius 3 is 2.71 bits per heavy atom. The Kier molecular flexibility index (Phi) is 3.40. The summed E-state index contributed by atoms with van der Waals surface area (Å²) < 4.78 is 37.5. The first-order valence-corrected chi connectivity index (χ1v) is 5.54. The van der Waals surface area contributed by atoms with E-state index in [4.69, 9.17) is 0 Å². The van der Waals surface area contributed by atoms with Crippen LogP contribution in [0.5, 0.6) is 0 Å². The molecule has 17 heavy (non-hydrogen) atoms. The van der Waals surface area contributed by atoms with E-state index in [0.29, 0.717) is 12.1 Å². The fourth-order valence-corrected chi connectivity index (χ4v) is 2.12. The lowest BCUT2D eigenvalue weighted by atomic mass is 9.94. The summed E-state index contributed by atoms with van der Waals surface area (Å²) in [5.74, 6) is -0.00140. The molecule has 1 heterocycles. The average molecular weight is 245 g/mol. The smallest absolute Gasteiger partial charge is 0.388 e. The highest BCUT2D eigenvalue weighted by molar-refractivity contribution is 5.27. The maximum Gasteiger partial charge on any atom is 0.416 e. The van der Waals surface area contributed by atoms with Crippen LogP contribution in [-0.2, 0) is 6.18 Å². The average Bonchev–Trinajstić information content (AvgIpc) is 2.80. The number of alkyl halides is 3. The van der Waals surface area contributed by atoms with Crippen molar-refractivity contribution in [2.24, 2.45) is 5.92 Å². The van der Waals surface area contributed by atoms with Crippen LogP contribution in [0.3, 0.4) is 0 Å². The normalized spacial score (nSPS) is 22.7. The van der Waals surface area contributed by atoms with E-state index in [1.165, 1.54) is 12.1 Å². The molecule has 94 valence electrons. The maximum atomic E-state index is 12.5. The van der Waals surface area contributed by atoms with Crippen LogP contribution >= 0.6 is 0 Å². The van der Waals surface area contributed by atoms with E-state index in [1.54, 1.807) is 0 Å². The molecule has 2 rings (SSSR count). The number of aliphatic hydroxyl groups excluding tert-OH is 1. The fourth-order valence-electron chi connectivity index (χ4n) is 2.12. The number of nitrogens with one attached hydrogen (secondary N) is 1. The summed E-state index contributed by atoms with van der Waals surface area (Å²) in [4.78, 5) is 0. The van der Waals surface area contributed by atoms with Gasteiger partial charge in [-0.2, -0.15) is 13.2 Å². The van der Waals surface area contributed by atoms with Gasteiger partial charge in [0.2, 0.25) is 0 Å². The van der Waals surface area contributed by atoms with Crippen molar-refractivity contribution >= 4 is 0 Å². The van der Waals surface area contributed by atoms with Gasteiger partial charge in [-0.3, -0.25) is 0 Å². The van der Waals surface area contributed by atoms with Crippen molar-refractivity contribution in [2.75, 3.05) is 13.1 Å². The van der Waals surface area contributed by atoms with Crippen LogP contribution in [0.25, 0.3) is 0 Å². The summed E-state index contributed by atoms with van der Waals surface area (Å²) >= 11 is 0. The van der Waals surface area contributed by atoms with Crippen LogP contribution in [0.1, 0.15) is 23.7 Å². The molecule has 2 unspecified atom stereocenters. The Labute approximate surface area is 97.5 Å². The summed E-state index contributed by atoms with van der Waals surface area (Å²) in [6.45, 7) is 1.46. The molecule has 1 fully saturated rings.